The Morgan fingerprint density at radius 2 is 1.27 bits per heavy atom. The van der Waals surface area contributed by atoms with Crippen molar-refractivity contribution in [2.24, 2.45) is 0 Å². The molecule has 314 valence electrons. The normalized spacial score (nSPS) is 15.6. The highest BCUT2D eigenvalue weighted by atomic mass is 16.5. The van der Waals surface area contributed by atoms with E-state index in [0.29, 0.717) is 35.1 Å². The Hall–Kier alpha value is -6.02. The van der Waals surface area contributed by atoms with Crippen molar-refractivity contribution in [3.63, 3.8) is 0 Å². The minimum absolute atomic E-state index is 0.0517. The Labute approximate surface area is 356 Å². The number of allylic oxidation sites excluding steroid dienone is 7. The number of benzene rings is 3. The Balaban J connectivity index is 1.50. The first-order chi connectivity index (χ1) is 28.5. The molecule has 0 aliphatic heterocycles. The molecule has 2 aliphatic carbocycles. The van der Waals surface area contributed by atoms with E-state index in [2.05, 4.69) is 114 Å². The quantitative estimate of drug-likeness (QED) is 0.0874. The number of carbonyl (C=O) groups is 3. The van der Waals surface area contributed by atoms with Crippen LogP contribution >= 0.6 is 0 Å². The number of aryl methyl sites for hydroxylation is 4. The van der Waals surface area contributed by atoms with Crippen LogP contribution in [-0.4, -0.2) is 57.4 Å². The van der Waals surface area contributed by atoms with Crippen molar-refractivity contribution in [3.05, 3.63) is 154 Å². The van der Waals surface area contributed by atoms with Crippen LogP contribution in [0.15, 0.2) is 126 Å². The topological polar surface area (TPSA) is 96.1 Å². The molecule has 4 atom stereocenters. The summed E-state index contributed by atoms with van der Waals surface area (Å²) in [5, 5.41) is 11.5. The molecule has 0 saturated heterocycles. The number of ketones is 1. The van der Waals surface area contributed by atoms with Gasteiger partial charge in [-0.3, -0.25) is 4.79 Å². The number of aliphatic hydroxyl groups is 1. The lowest BCUT2D eigenvalue weighted by Gasteiger charge is -2.37. The van der Waals surface area contributed by atoms with Crippen LogP contribution in [0.1, 0.15) is 95.0 Å². The first-order valence-electron chi connectivity index (χ1n) is 21.0. The minimum atomic E-state index is -0.417. The van der Waals surface area contributed by atoms with Crippen LogP contribution in [-0.2, 0) is 23.9 Å². The molecule has 3 aromatic carbocycles. The highest BCUT2D eigenvalue weighted by Crippen LogP contribution is 2.41. The lowest BCUT2D eigenvalue weighted by Crippen LogP contribution is -2.41. The van der Waals surface area contributed by atoms with Gasteiger partial charge in [0, 0.05) is 53.2 Å². The fraction of sp³-hybridized carbons (Fsp3) is 0.346. The highest BCUT2D eigenvalue weighted by Gasteiger charge is 2.38. The summed E-state index contributed by atoms with van der Waals surface area (Å²) in [5.74, 6) is -1.13. The van der Waals surface area contributed by atoms with Crippen molar-refractivity contribution in [2.45, 2.75) is 119 Å². The summed E-state index contributed by atoms with van der Waals surface area (Å²) in [6.07, 6.45) is 9.77. The van der Waals surface area contributed by atoms with Crippen LogP contribution in [0, 0.1) is 27.7 Å². The summed E-state index contributed by atoms with van der Waals surface area (Å²) in [6, 6.07) is 19.7. The average Bonchev–Trinajstić information content (AvgIpc) is 3.20. The summed E-state index contributed by atoms with van der Waals surface area (Å²) in [6.45, 7) is 27.4. The summed E-state index contributed by atoms with van der Waals surface area (Å²) >= 11 is 0. The molecule has 0 amide bonds. The molecule has 8 heteroatoms. The van der Waals surface area contributed by atoms with Crippen LogP contribution < -0.4 is 4.90 Å². The second-order valence-electron chi connectivity index (χ2n) is 16.3. The van der Waals surface area contributed by atoms with E-state index >= 15 is 0 Å². The summed E-state index contributed by atoms with van der Waals surface area (Å²) < 4.78 is 14.2. The third kappa shape index (κ3) is 9.71. The maximum atomic E-state index is 13.9. The molecule has 0 saturated carbocycles. The van der Waals surface area contributed by atoms with Crippen molar-refractivity contribution < 1.29 is 33.5 Å². The largest absolute Gasteiger partial charge is 0.506 e. The van der Waals surface area contributed by atoms with E-state index < -0.39 is 24.1 Å². The fourth-order valence-electron chi connectivity index (χ4n) is 8.03. The van der Waals surface area contributed by atoms with Crippen molar-refractivity contribution >= 4 is 46.1 Å². The van der Waals surface area contributed by atoms with Crippen LogP contribution in [0.25, 0.3) is 5.57 Å². The first-order valence-corrected chi connectivity index (χ1v) is 21.0. The number of rotatable bonds is 16. The lowest BCUT2D eigenvalue weighted by molar-refractivity contribution is -0.493. The first kappa shape index (κ1) is 45.1. The minimum Gasteiger partial charge on any atom is -0.506 e. The maximum absolute atomic E-state index is 13.9. The van der Waals surface area contributed by atoms with E-state index in [-0.39, 0.29) is 34.8 Å². The zero-order valence-electron chi connectivity index (χ0n) is 37.0. The number of carbonyl (C=O) groups excluding carboxylic acids is 3. The summed E-state index contributed by atoms with van der Waals surface area (Å²) in [4.78, 5) is 41.5. The molecule has 0 radical (unpaired) electrons. The van der Waals surface area contributed by atoms with E-state index in [9.17, 15) is 19.5 Å². The zero-order chi connectivity index (χ0) is 44.0. The average molecular weight is 810 g/mol. The number of hydrogen-bond donors (Lipinski definition) is 1. The maximum Gasteiger partial charge on any atom is 0.333 e. The number of anilines is 2. The second-order valence-corrected chi connectivity index (χ2v) is 16.3. The van der Waals surface area contributed by atoms with Crippen molar-refractivity contribution in [3.8, 4) is 0 Å². The van der Waals surface area contributed by atoms with Crippen LogP contribution in [0.4, 0.5) is 17.1 Å². The molecular weight excluding hydrogens is 749 g/mol. The van der Waals surface area contributed by atoms with Gasteiger partial charge in [0.05, 0.1) is 17.2 Å². The van der Waals surface area contributed by atoms with E-state index in [1.54, 1.807) is 13.8 Å². The molecule has 2 aliphatic rings. The molecule has 0 aromatic heterocycles. The SMILES string of the molecule is C=C(C)C(=O)OC(CCC)C(C)N(c1ccc(C2=C(O)C(=C3C=CC(=[N+](c4ccc(C)cc4C)C(C)C(CCC)OC(=O)C(=C)C)C=C3)C2=O)cc1)c1ccc(C)cc1C. The number of esters is 2. The number of nitrogens with zero attached hydrogens (tertiary/aromatic N) is 2. The Kier molecular flexibility index (Phi) is 14.5. The van der Waals surface area contributed by atoms with Gasteiger partial charge in [0.25, 0.3) is 0 Å². The molecule has 4 unspecified atom stereocenters. The van der Waals surface area contributed by atoms with E-state index in [1.165, 1.54) is 0 Å². The van der Waals surface area contributed by atoms with Gasteiger partial charge >= 0.3 is 11.9 Å². The molecular formula is C52H61N2O6+. The molecule has 1 N–H and O–H groups in total. The standard InChI is InChI=1S/C52H60N2O6/c1-13-15-45(59-51(57)31(3)4)37(11)53(43-27-17-33(7)29-35(43)9)41-23-19-39(20-24-41)47-49(55)48(50(47)56)40-21-25-42(26-22-40)54(44-28-18-34(8)30-36(44)10)38(12)46(16-14-2)60-52(58)32(5)6/h17-30,37-38,45-46H,3,5,13-16H2,1-2,4,6-12H3/p+1. The highest BCUT2D eigenvalue weighted by molar-refractivity contribution is 6.39. The molecule has 0 fully saturated rings. The van der Waals surface area contributed by atoms with Crippen molar-refractivity contribution in [2.75, 3.05) is 4.90 Å². The molecule has 0 heterocycles. The van der Waals surface area contributed by atoms with E-state index in [1.807, 2.05) is 48.6 Å². The van der Waals surface area contributed by atoms with Gasteiger partial charge in [-0.25, -0.2) is 9.59 Å². The summed E-state index contributed by atoms with van der Waals surface area (Å²) in [7, 11) is 0. The van der Waals surface area contributed by atoms with Gasteiger partial charge in [-0.15, -0.1) is 0 Å². The number of hydrogen-bond acceptors (Lipinski definition) is 7. The fourth-order valence-corrected chi connectivity index (χ4v) is 8.03. The third-order valence-corrected chi connectivity index (χ3v) is 11.3. The second kappa shape index (κ2) is 19.4. The van der Waals surface area contributed by atoms with Gasteiger partial charge in [-0.05, 0) is 114 Å². The van der Waals surface area contributed by atoms with Gasteiger partial charge < -0.3 is 19.5 Å². The zero-order valence-corrected chi connectivity index (χ0v) is 37.0. The van der Waals surface area contributed by atoms with Crippen LogP contribution in [0.5, 0.6) is 0 Å². The Morgan fingerprint density at radius 3 is 1.78 bits per heavy atom. The van der Waals surface area contributed by atoms with Gasteiger partial charge in [-0.2, -0.15) is 4.58 Å². The van der Waals surface area contributed by atoms with Crippen LogP contribution in [0.2, 0.25) is 0 Å². The van der Waals surface area contributed by atoms with Gasteiger partial charge in [0.2, 0.25) is 17.2 Å². The molecule has 60 heavy (non-hydrogen) atoms. The lowest BCUT2D eigenvalue weighted by atomic mass is 9.80. The van der Waals surface area contributed by atoms with Crippen molar-refractivity contribution in [1.29, 1.82) is 0 Å². The van der Waals surface area contributed by atoms with Crippen LogP contribution in [0.3, 0.4) is 0 Å². The molecule has 8 nitrogen and oxygen atoms in total. The monoisotopic (exact) mass is 809 g/mol. The molecule has 3 aromatic rings. The number of Topliss-reactive ketones (excluding diaryl/α,β-unsaturated/α-hetero) is 1. The van der Waals surface area contributed by atoms with Crippen molar-refractivity contribution in [1.82, 2.24) is 0 Å². The van der Waals surface area contributed by atoms with E-state index in [4.69, 9.17) is 9.47 Å². The van der Waals surface area contributed by atoms with Gasteiger partial charge in [-0.1, -0.05) is 81.3 Å². The van der Waals surface area contributed by atoms with Gasteiger partial charge in [0.1, 0.15) is 11.9 Å². The smallest absolute Gasteiger partial charge is 0.333 e. The Morgan fingerprint density at radius 1 is 0.733 bits per heavy atom. The Bertz CT molecular complexity index is 2340. The predicted molar refractivity (Wildman–Crippen MR) is 243 cm³/mol. The van der Waals surface area contributed by atoms with E-state index in [0.717, 1.165) is 57.9 Å². The number of ether oxygens (including phenoxy) is 2. The van der Waals surface area contributed by atoms with Gasteiger partial charge in [0.15, 0.2) is 12.1 Å². The predicted octanol–water partition coefficient (Wildman–Crippen LogP) is 11.5. The molecule has 0 spiro atoms. The molecule has 5 rings (SSSR count). The molecule has 0 bridgehead atoms. The third-order valence-electron chi connectivity index (χ3n) is 11.3. The summed E-state index contributed by atoms with van der Waals surface area (Å²) in [5.41, 5.74) is 10.5. The number of aliphatic hydroxyl groups excluding tert-OH is 1.